The van der Waals surface area contributed by atoms with Gasteiger partial charge in [0.05, 0.1) is 0 Å². The van der Waals surface area contributed by atoms with E-state index in [1.165, 1.54) is 11.1 Å². The standard InChI is InChI=1S/C20H24N2O2/c1-3-11-22(14-18-9-5-4-7-16(18)2)13-17-8-6-10-19(12-17)24-15-20(21)23/h3-10,12H,1,11,13-15H2,2H3,(H2,21,23). The van der Waals surface area contributed by atoms with Gasteiger partial charge in [0.15, 0.2) is 6.61 Å². The van der Waals surface area contributed by atoms with Gasteiger partial charge < -0.3 is 10.5 Å². The second-order valence-electron chi connectivity index (χ2n) is 5.79. The summed E-state index contributed by atoms with van der Waals surface area (Å²) in [5.74, 6) is 0.175. The maximum absolute atomic E-state index is 10.8. The van der Waals surface area contributed by atoms with E-state index in [1.807, 2.05) is 30.3 Å². The van der Waals surface area contributed by atoms with Gasteiger partial charge in [-0.15, -0.1) is 6.58 Å². The lowest BCUT2D eigenvalue weighted by molar-refractivity contribution is -0.119. The quantitative estimate of drug-likeness (QED) is 0.721. The highest BCUT2D eigenvalue weighted by Gasteiger charge is 2.08. The minimum atomic E-state index is -0.478. The molecular weight excluding hydrogens is 300 g/mol. The largest absolute Gasteiger partial charge is 0.484 e. The summed E-state index contributed by atoms with van der Waals surface area (Å²) in [6.45, 7) is 8.29. The number of carbonyl (C=O) groups excluding carboxylic acids is 1. The fraction of sp³-hybridized carbons (Fsp3) is 0.250. The van der Waals surface area contributed by atoms with Crippen LogP contribution in [0.5, 0.6) is 5.75 Å². The summed E-state index contributed by atoms with van der Waals surface area (Å²) in [5, 5.41) is 0. The fourth-order valence-electron chi connectivity index (χ4n) is 2.54. The molecule has 1 amide bonds. The molecule has 0 aliphatic rings. The average Bonchev–Trinajstić information content (AvgIpc) is 2.56. The van der Waals surface area contributed by atoms with Crippen LogP contribution in [0.4, 0.5) is 0 Å². The van der Waals surface area contributed by atoms with Crippen molar-refractivity contribution >= 4 is 5.91 Å². The summed E-state index contributed by atoms with van der Waals surface area (Å²) in [4.78, 5) is 13.1. The first-order chi connectivity index (χ1) is 11.6. The predicted molar refractivity (Wildman–Crippen MR) is 96.6 cm³/mol. The molecule has 2 aromatic carbocycles. The molecule has 0 bridgehead atoms. The van der Waals surface area contributed by atoms with Crippen LogP contribution in [0.15, 0.2) is 61.2 Å². The van der Waals surface area contributed by atoms with Crippen molar-refractivity contribution in [2.45, 2.75) is 20.0 Å². The van der Waals surface area contributed by atoms with Crippen molar-refractivity contribution in [3.05, 3.63) is 77.9 Å². The van der Waals surface area contributed by atoms with Crippen molar-refractivity contribution in [3.8, 4) is 5.75 Å². The SMILES string of the molecule is C=CCN(Cc1cccc(OCC(N)=O)c1)Cc1ccccc1C. The van der Waals surface area contributed by atoms with Crippen LogP contribution in [0.25, 0.3) is 0 Å². The third-order valence-electron chi connectivity index (χ3n) is 3.73. The van der Waals surface area contributed by atoms with Crippen LogP contribution in [0.2, 0.25) is 0 Å². The van der Waals surface area contributed by atoms with Gasteiger partial charge in [-0.25, -0.2) is 0 Å². The normalized spacial score (nSPS) is 10.6. The molecule has 0 atom stereocenters. The van der Waals surface area contributed by atoms with Crippen LogP contribution < -0.4 is 10.5 Å². The molecule has 0 radical (unpaired) electrons. The third-order valence-corrected chi connectivity index (χ3v) is 3.73. The fourth-order valence-corrected chi connectivity index (χ4v) is 2.54. The van der Waals surface area contributed by atoms with Gasteiger partial charge in [0.2, 0.25) is 0 Å². The molecule has 0 fully saturated rings. The van der Waals surface area contributed by atoms with E-state index in [2.05, 4.69) is 42.7 Å². The maximum Gasteiger partial charge on any atom is 0.255 e. The van der Waals surface area contributed by atoms with Gasteiger partial charge in [0.25, 0.3) is 5.91 Å². The van der Waals surface area contributed by atoms with Gasteiger partial charge in [-0.3, -0.25) is 9.69 Å². The number of rotatable bonds is 9. The van der Waals surface area contributed by atoms with Gasteiger partial charge in [-0.2, -0.15) is 0 Å². The highest BCUT2D eigenvalue weighted by molar-refractivity contribution is 5.75. The van der Waals surface area contributed by atoms with Gasteiger partial charge in [0.1, 0.15) is 5.75 Å². The molecule has 0 aliphatic heterocycles. The number of aryl methyl sites for hydroxylation is 1. The van der Waals surface area contributed by atoms with E-state index in [9.17, 15) is 4.79 Å². The van der Waals surface area contributed by atoms with E-state index >= 15 is 0 Å². The summed E-state index contributed by atoms with van der Waals surface area (Å²) in [7, 11) is 0. The number of benzene rings is 2. The van der Waals surface area contributed by atoms with Crippen molar-refractivity contribution in [1.29, 1.82) is 0 Å². The van der Waals surface area contributed by atoms with Crippen LogP contribution in [-0.4, -0.2) is 24.0 Å². The summed E-state index contributed by atoms with van der Waals surface area (Å²) < 4.78 is 5.37. The highest BCUT2D eigenvalue weighted by Crippen LogP contribution is 2.17. The number of hydrogen-bond donors (Lipinski definition) is 1. The molecule has 0 heterocycles. The summed E-state index contributed by atoms with van der Waals surface area (Å²) >= 11 is 0. The number of primary amides is 1. The van der Waals surface area contributed by atoms with Crippen LogP contribution >= 0.6 is 0 Å². The highest BCUT2D eigenvalue weighted by atomic mass is 16.5. The third kappa shape index (κ3) is 5.56. The molecule has 2 aromatic rings. The van der Waals surface area contributed by atoms with Crippen molar-refractivity contribution in [2.75, 3.05) is 13.2 Å². The minimum Gasteiger partial charge on any atom is -0.484 e. The number of hydrogen-bond acceptors (Lipinski definition) is 3. The summed E-state index contributed by atoms with van der Waals surface area (Å²) in [5.41, 5.74) is 8.82. The zero-order chi connectivity index (χ0) is 17.4. The molecule has 0 spiro atoms. The Morgan fingerprint density at radius 3 is 2.71 bits per heavy atom. The number of carbonyl (C=O) groups is 1. The van der Waals surface area contributed by atoms with Crippen molar-refractivity contribution < 1.29 is 9.53 Å². The average molecular weight is 324 g/mol. The Balaban J connectivity index is 2.07. The van der Waals surface area contributed by atoms with Gasteiger partial charge >= 0.3 is 0 Å². The Hall–Kier alpha value is -2.59. The molecule has 126 valence electrons. The van der Waals surface area contributed by atoms with Gasteiger partial charge in [0, 0.05) is 19.6 Å². The van der Waals surface area contributed by atoms with Crippen molar-refractivity contribution in [1.82, 2.24) is 4.90 Å². The summed E-state index contributed by atoms with van der Waals surface area (Å²) in [6.07, 6.45) is 1.91. The molecule has 0 saturated heterocycles. The molecule has 0 saturated carbocycles. The molecule has 0 unspecified atom stereocenters. The zero-order valence-corrected chi connectivity index (χ0v) is 14.1. The lowest BCUT2D eigenvalue weighted by Crippen LogP contribution is -2.23. The van der Waals surface area contributed by atoms with Crippen LogP contribution in [-0.2, 0) is 17.9 Å². The van der Waals surface area contributed by atoms with E-state index in [1.54, 1.807) is 0 Å². The molecule has 4 nitrogen and oxygen atoms in total. The van der Waals surface area contributed by atoms with Gasteiger partial charge in [-0.05, 0) is 35.7 Å². The molecule has 2 rings (SSSR count). The van der Waals surface area contributed by atoms with E-state index in [-0.39, 0.29) is 6.61 Å². The van der Waals surface area contributed by atoms with Crippen molar-refractivity contribution in [3.63, 3.8) is 0 Å². The maximum atomic E-state index is 10.8. The van der Waals surface area contributed by atoms with E-state index < -0.39 is 5.91 Å². The molecule has 24 heavy (non-hydrogen) atoms. The van der Waals surface area contributed by atoms with Crippen LogP contribution in [0.1, 0.15) is 16.7 Å². The Bertz CT molecular complexity index is 698. The molecule has 2 N–H and O–H groups in total. The van der Waals surface area contributed by atoms with Crippen LogP contribution in [0, 0.1) is 6.92 Å². The first-order valence-corrected chi connectivity index (χ1v) is 7.96. The molecule has 0 aliphatic carbocycles. The summed E-state index contributed by atoms with van der Waals surface area (Å²) in [6, 6.07) is 16.1. The van der Waals surface area contributed by atoms with E-state index in [4.69, 9.17) is 10.5 Å². The topological polar surface area (TPSA) is 55.6 Å². The molecule has 0 aromatic heterocycles. The Morgan fingerprint density at radius 1 is 1.21 bits per heavy atom. The Morgan fingerprint density at radius 2 is 2.00 bits per heavy atom. The van der Waals surface area contributed by atoms with Gasteiger partial charge in [-0.1, -0.05) is 42.5 Å². The second-order valence-corrected chi connectivity index (χ2v) is 5.79. The second kappa shape index (κ2) is 8.89. The monoisotopic (exact) mass is 324 g/mol. The molecule has 4 heteroatoms. The number of nitrogens with zero attached hydrogens (tertiary/aromatic N) is 1. The number of amides is 1. The van der Waals surface area contributed by atoms with E-state index in [0.29, 0.717) is 5.75 Å². The Labute approximate surface area is 143 Å². The van der Waals surface area contributed by atoms with Crippen molar-refractivity contribution in [2.24, 2.45) is 5.73 Å². The lowest BCUT2D eigenvalue weighted by atomic mass is 10.1. The number of ether oxygens (including phenoxy) is 1. The first kappa shape index (κ1) is 17.8. The zero-order valence-electron chi connectivity index (χ0n) is 14.1. The Kier molecular flexibility index (Phi) is 6.58. The molecular formula is C20H24N2O2. The minimum absolute atomic E-state index is 0.108. The predicted octanol–water partition coefficient (Wildman–Crippen LogP) is 3.05. The lowest BCUT2D eigenvalue weighted by Gasteiger charge is -2.22. The van der Waals surface area contributed by atoms with Crippen LogP contribution in [0.3, 0.4) is 0 Å². The smallest absolute Gasteiger partial charge is 0.255 e. The van der Waals surface area contributed by atoms with E-state index in [0.717, 1.165) is 25.2 Å². The number of nitrogens with two attached hydrogens (primary N) is 1. The first-order valence-electron chi connectivity index (χ1n) is 7.96.